The number of furan rings is 2. The molecular formula is C25H20FN3O5. The Kier molecular flexibility index (Phi) is 6.83. The van der Waals surface area contributed by atoms with Gasteiger partial charge in [-0.15, -0.1) is 0 Å². The van der Waals surface area contributed by atoms with E-state index < -0.39 is 29.6 Å². The van der Waals surface area contributed by atoms with Crippen molar-refractivity contribution in [1.82, 2.24) is 5.32 Å². The van der Waals surface area contributed by atoms with E-state index in [0.717, 1.165) is 11.0 Å². The van der Waals surface area contributed by atoms with Crippen molar-refractivity contribution in [2.24, 2.45) is 0 Å². The molecule has 2 N–H and O–H groups in total. The lowest BCUT2D eigenvalue weighted by molar-refractivity contribution is -0.136. The molecule has 0 aliphatic rings. The zero-order chi connectivity index (χ0) is 23.9. The summed E-state index contributed by atoms with van der Waals surface area (Å²) in [5.74, 6) is -3.18. The van der Waals surface area contributed by atoms with E-state index in [-0.39, 0.29) is 18.0 Å². The highest BCUT2D eigenvalue weighted by molar-refractivity contribution is 6.45. The summed E-state index contributed by atoms with van der Waals surface area (Å²) in [4.78, 5) is 40.3. The molecule has 4 rings (SSSR count). The summed E-state index contributed by atoms with van der Waals surface area (Å²) in [6.07, 6.45) is 2.77. The zero-order valence-corrected chi connectivity index (χ0v) is 17.8. The van der Waals surface area contributed by atoms with Crippen LogP contribution in [0.5, 0.6) is 0 Å². The van der Waals surface area contributed by atoms with Crippen molar-refractivity contribution < 1.29 is 27.6 Å². The molecule has 0 unspecified atom stereocenters. The molecule has 2 heterocycles. The third-order valence-corrected chi connectivity index (χ3v) is 4.89. The van der Waals surface area contributed by atoms with E-state index in [9.17, 15) is 18.8 Å². The number of rotatable bonds is 7. The fraction of sp³-hybridized carbons (Fsp3) is 0.0800. The molecule has 172 valence electrons. The summed E-state index contributed by atoms with van der Waals surface area (Å²) < 4.78 is 25.5. The minimum absolute atomic E-state index is 0.0125. The molecule has 2 aromatic carbocycles. The standard InChI is InChI=1S/C25H20FN3O5/c26-19-11-4-5-12-20(19)29(25(32)24(31)28-17-8-2-1-3-9-17)22(21-13-7-15-34-21)23(30)27-16-18-10-6-14-33-18/h1-15,22H,16H2,(H,27,30)(H,28,31)/t22-/m0/s1. The number of amides is 3. The maximum absolute atomic E-state index is 14.9. The van der Waals surface area contributed by atoms with Crippen molar-refractivity contribution in [3.63, 3.8) is 0 Å². The van der Waals surface area contributed by atoms with Crippen LogP contribution in [0.2, 0.25) is 0 Å². The van der Waals surface area contributed by atoms with Crippen molar-refractivity contribution in [3.8, 4) is 0 Å². The van der Waals surface area contributed by atoms with Crippen molar-refractivity contribution in [1.29, 1.82) is 0 Å². The van der Waals surface area contributed by atoms with Crippen LogP contribution in [-0.2, 0) is 20.9 Å². The number of para-hydroxylation sites is 2. The van der Waals surface area contributed by atoms with E-state index in [1.54, 1.807) is 42.5 Å². The Morgan fingerprint density at radius 1 is 0.853 bits per heavy atom. The van der Waals surface area contributed by atoms with Gasteiger partial charge in [0, 0.05) is 5.69 Å². The molecule has 0 saturated carbocycles. The van der Waals surface area contributed by atoms with Gasteiger partial charge in [0.2, 0.25) is 0 Å². The summed E-state index contributed by atoms with van der Waals surface area (Å²) in [7, 11) is 0. The van der Waals surface area contributed by atoms with Gasteiger partial charge in [-0.1, -0.05) is 30.3 Å². The van der Waals surface area contributed by atoms with Gasteiger partial charge in [0.05, 0.1) is 24.8 Å². The Hall–Kier alpha value is -4.66. The first-order valence-corrected chi connectivity index (χ1v) is 10.3. The second kappa shape index (κ2) is 10.3. The monoisotopic (exact) mass is 461 g/mol. The minimum atomic E-state index is -1.48. The molecule has 2 aromatic heterocycles. The van der Waals surface area contributed by atoms with Crippen molar-refractivity contribution >= 4 is 29.1 Å². The Labute approximate surface area is 194 Å². The molecular weight excluding hydrogens is 441 g/mol. The SMILES string of the molecule is O=C(Nc1ccccc1)C(=O)N(c1ccccc1F)[C@H](C(=O)NCc1ccco1)c1ccco1. The molecule has 0 aliphatic heterocycles. The molecule has 34 heavy (non-hydrogen) atoms. The summed E-state index contributed by atoms with van der Waals surface area (Å²) >= 11 is 0. The van der Waals surface area contributed by atoms with Crippen LogP contribution in [0.4, 0.5) is 15.8 Å². The van der Waals surface area contributed by atoms with Crippen molar-refractivity contribution in [2.45, 2.75) is 12.6 Å². The molecule has 1 atom stereocenters. The van der Waals surface area contributed by atoms with Crippen LogP contribution in [0, 0.1) is 5.82 Å². The normalized spacial score (nSPS) is 11.4. The van der Waals surface area contributed by atoms with Gasteiger partial charge in [0.25, 0.3) is 5.91 Å². The lowest BCUT2D eigenvalue weighted by Crippen LogP contribution is -2.48. The van der Waals surface area contributed by atoms with Crippen LogP contribution < -0.4 is 15.5 Å². The lowest BCUT2D eigenvalue weighted by Gasteiger charge is -2.29. The van der Waals surface area contributed by atoms with Crippen molar-refractivity contribution in [2.75, 3.05) is 10.2 Å². The molecule has 0 fully saturated rings. The van der Waals surface area contributed by atoms with Gasteiger partial charge in [-0.2, -0.15) is 0 Å². The highest BCUT2D eigenvalue weighted by Crippen LogP contribution is 2.30. The summed E-state index contributed by atoms with van der Waals surface area (Å²) in [6, 6.07) is 18.5. The topological polar surface area (TPSA) is 105 Å². The quantitative estimate of drug-likeness (QED) is 0.404. The molecule has 8 nitrogen and oxygen atoms in total. The molecule has 0 spiro atoms. The van der Waals surface area contributed by atoms with Gasteiger partial charge < -0.3 is 19.5 Å². The zero-order valence-electron chi connectivity index (χ0n) is 17.8. The van der Waals surface area contributed by atoms with Gasteiger partial charge in [0.15, 0.2) is 6.04 Å². The summed E-state index contributed by atoms with van der Waals surface area (Å²) in [6.45, 7) is 0.0125. The third kappa shape index (κ3) is 5.04. The third-order valence-electron chi connectivity index (χ3n) is 4.89. The van der Waals surface area contributed by atoms with Gasteiger partial charge in [-0.05, 0) is 48.5 Å². The number of anilines is 2. The number of benzene rings is 2. The van der Waals surface area contributed by atoms with E-state index >= 15 is 0 Å². The van der Waals surface area contributed by atoms with Gasteiger partial charge in [-0.25, -0.2) is 4.39 Å². The predicted octanol–water partition coefficient (Wildman–Crippen LogP) is 4.04. The second-order valence-corrected chi connectivity index (χ2v) is 7.16. The molecule has 9 heteroatoms. The maximum Gasteiger partial charge on any atom is 0.317 e. The largest absolute Gasteiger partial charge is 0.467 e. The second-order valence-electron chi connectivity index (χ2n) is 7.16. The van der Waals surface area contributed by atoms with E-state index in [1.807, 2.05) is 0 Å². The number of hydrogen-bond donors (Lipinski definition) is 2. The smallest absolute Gasteiger partial charge is 0.317 e. The first kappa shape index (κ1) is 22.5. The number of carbonyl (C=O) groups excluding carboxylic acids is 3. The number of nitrogens with zero attached hydrogens (tertiary/aromatic N) is 1. The van der Waals surface area contributed by atoms with E-state index in [4.69, 9.17) is 8.83 Å². The van der Waals surface area contributed by atoms with Gasteiger partial charge in [0.1, 0.15) is 17.3 Å². The predicted molar refractivity (Wildman–Crippen MR) is 121 cm³/mol. The summed E-state index contributed by atoms with van der Waals surface area (Å²) in [5, 5.41) is 5.12. The number of hydrogen-bond acceptors (Lipinski definition) is 5. The first-order valence-electron chi connectivity index (χ1n) is 10.3. The Morgan fingerprint density at radius 2 is 1.56 bits per heavy atom. The lowest BCUT2D eigenvalue weighted by atomic mass is 10.1. The molecule has 0 bridgehead atoms. The molecule has 0 aliphatic carbocycles. The van der Waals surface area contributed by atoms with E-state index in [1.165, 1.54) is 42.9 Å². The number of halogens is 1. The molecule has 4 aromatic rings. The van der Waals surface area contributed by atoms with Crippen LogP contribution in [0.1, 0.15) is 17.6 Å². The fourth-order valence-corrected chi connectivity index (χ4v) is 3.33. The molecule has 3 amide bonds. The summed E-state index contributed by atoms with van der Waals surface area (Å²) in [5.41, 5.74) is 0.108. The minimum Gasteiger partial charge on any atom is -0.467 e. The van der Waals surface area contributed by atoms with Crippen LogP contribution in [0.15, 0.2) is 100 Å². The van der Waals surface area contributed by atoms with Crippen LogP contribution in [0.3, 0.4) is 0 Å². The number of nitrogens with one attached hydrogen (secondary N) is 2. The Balaban J connectivity index is 1.71. The average Bonchev–Trinajstić information content (AvgIpc) is 3.56. The van der Waals surface area contributed by atoms with Crippen LogP contribution >= 0.6 is 0 Å². The van der Waals surface area contributed by atoms with E-state index in [0.29, 0.717) is 11.4 Å². The van der Waals surface area contributed by atoms with E-state index in [2.05, 4.69) is 10.6 Å². The van der Waals surface area contributed by atoms with Crippen LogP contribution in [0.25, 0.3) is 0 Å². The molecule has 0 radical (unpaired) electrons. The molecule has 0 saturated heterocycles. The maximum atomic E-state index is 14.9. The van der Waals surface area contributed by atoms with Gasteiger partial charge >= 0.3 is 11.8 Å². The highest BCUT2D eigenvalue weighted by Gasteiger charge is 2.38. The van der Waals surface area contributed by atoms with Crippen LogP contribution in [-0.4, -0.2) is 17.7 Å². The average molecular weight is 461 g/mol. The first-order chi connectivity index (χ1) is 16.5. The van der Waals surface area contributed by atoms with Gasteiger partial charge in [-0.3, -0.25) is 19.3 Å². The number of carbonyl (C=O) groups is 3. The highest BCUT2D eigenvalue weighted by atomic mass is 19.1. The fourth-order valence-electron chi connectivity index (χ4n) is 3.33. The van der Waals surface area contributed by atoms with Crippen molar-refractivity contribution in [3.05, 3.63) is 109 Å². The Morgan fingerprint density at radius 3 is 2.24 bits per heavy atom. The Bertz CT molecular complexity index is 1260.